The van der Waals surface area contributed by atoms with E-state index in [-0.39, 0.29) is 0 Å². The summed E-state index contributed by atoms with van der Waals surface area (Å²) in [5.41, 5.74) is 3.10. The van der Waals surface area contributed by atoms with Gasteiger partial charge in [0.05, 0.1) is 11.3 Å². The van der Waals surface area contributed by atoms with Crippen LogP contribution < -0.4 is 10.2 Å². The number of hydrogen-bond donors (Lipinski definition) is 1. The maximum Gasteiger partial charge on any atom is 0.101 e. The number of rotatable bonds is 5. The molecule has 0 saturated carbocycles. The molecule has 0 aromatic heterocycles. The minimum absolute atomic E-state index is 0.525. The van der Waals surface area contributed by atoms with Crippen LogP contribution in [0.1, 0.15) is 45.2 Å². The van der Waals surface area contributed by atoms with Gasteiger partial charge in [-0.1, -0.05) is 26.8 Å². The first kappa shape index (κ1) is 15.9. The molecule has 1 aliphatic heterocycles. The number of nitrogens with zero attached hydrogens (tertiary/aromatic N) is 2. The molecule has 0 radical (unpaired) electrons. The third kappa shape index (κ3) is 3.98. The Morgan fingerprint density at radius 2 is 2.14 bits per heavy atom. The predicted octanol–water partition coefficient (Wildman–Crippen LogP) is 3.54. The van der Waals surface area contributed by atoms with Crippen molar-refractivity contribution in [3.63, 3.8) is 0 Å². The second-order valence-corrected chi connectivity index (χ2v) is 6.83. The van der Waals surface area contributed by atoms with Gasteiger partial charge in [0.25, 0.3) is 0 Å². The smallest absolute Gasteiger partial charge is 0.101 e. The van der Waals surface area contributed by atoms with Crippen LogP contribution in [0.15, 0.2) is 18.2 Å². The lowest BCUT2D eigenvalue weighted by atomic mass is 10.1. The zero-order chi connectivity index (χ0) is 15.4. The molecule has 114 valence electrons. The van der Waals surface area contributed by atoms with Crippen molar-refractivity contribution < 1.29 is 0 Å². The molecule has 1 fully saturated rings. The van der Waals surface area contributed by atoms with Crippen LogP contribution in [0.2, 0.25) is 0 Å². The second kappa shape index (κ2) is 6.95. The summed E-state index contributed by atoms with van der Waals surface area (Å²) >= 11 is 0. The van der Waals surface area contributed by atoms with Crippen LogP contribution in [0.3, 0.4) is 0 Å². The van der Waals surface area contributed by atoms with Gasteiger partial charge in [0, 0.05) is 19.1 Å². The molecule has 0 aliphatic carbocycles. The molecule has 2 atom stereocenters. The van der Waals surface area contributed by atoms with Gasteiger partial charge in [0.2, 0.25) is 0 Å². The highest BCUT2D eigenvalue weighted by Crippen LogP contribution is 2.31. The van der Waals surface area contributed by atoms with E-state index in [2.05, 4.69) is 56.1 Å². The van der Waals surface area contributed by atoms with Gasteiger partial charge in [-0.2, -0.15) is 5.26 Å². The van der Waals surface area contributed by atoms with Gasteiger partial charge in [0.1, 0.15) is 6.07 Å². The molecule has 1 aromatic carbocycles. The molecular weight excluding hydrogens is 258 g/mol. The molecule has 1 aromatic rings. The fraction of sp³-hybridized carbons (Fsp3) is 0.611. The SMILES string of the molecule is CC(C)CNCc1ccc(N2CC(C)CC2C)c(C#N)c1. The average Bonchev–Trinajstić information content (AvgIpc) is 2.77. The molecule has 1 heterocycles. The van der Waals surface area contributed by atoms with E-state index in [9.17, 15) is 5.26 Å². The molecule has 21 heavy (non-hydrogen) atoms. The first-order chi connectivity index (χ1) is 10.0. The van der Waals surface area contributed by atoms with E-state index in [4.69, 9.17) is 0 Å². The van der Waals surface area contributed by atoms with E-state index in [0.29, 0.717) is 17.9 Å². The largest absolute Gasteiger partial charge is 0.367 e. The van der Waals surface area contributed by atoms with Crippen molar-refractivity contribution in [1.29, 1.82) is 5.26 Å². The second-order valence-electron chi connectivity index (χ2n) is 6.83. The van der Waals surface area contributed by atoms with Crippen molar-refractivity contribution in [3.8, 4) is 6.07 Å². The number of nitriles is 1. The lowest BCUT2D eigenvalue weighted by molar-refractivity contribution is 0.552. The zero-order valence-corrected chi connectivity index (χ0v) is 13.7. The van der Waals surface area contributed by atoms with Crippen molar-refractivity contribution in [2.45, 2.75) is 46.7 Å². The van der Waals surface area contributed by atoms with Gasteiger partial charge in [-0.25, -0.2) is 0 Å². The molecule has 3 heteroatoms. The summed E-state index contributed by atoms with van der Waals surface area (Å²) in [6, 6.07) is 9.22. The van der Waals surface area contributed by atoms with Crippen LogP contribution >= 0.6 is 0 Å². The summed E-state index contributed by atoms with van der Waals surface area (Å²) < 4.78 is 0. The average molecular weight is 285 g/mol. The summed E-state index contributed by atoms with van der Waals surface area (Å²) in [7, 11) is 0. The topological polar surface area (TPSA) is 39.1 Å². The number of hydrogen-bond acceptors (Lipinski definition) is 3. The lowest BCUT2D eigenvalue weighted by Gasteiger charge is -2.25. The van der Waals surface area contributed by atoms with Gasteiger partial charge < -0.3 is 10.2 Å². The summed E-state index contributed by atoms with van der Waals surface area (Å²) in [5.74, 6) is 1.35. The Hall–Kier alpha value is -1.53. The number of nitrogens with one attached hydrogen (secondary N) is 1. The Bertz CT molecular complexity index is 516. The number of anilines is 1. The summed E-state index contributed by atoms with van der Waals surface area (Å²) in [4.78, 5) is 2.38. The first-order valence-electron chi connectivity index (χ1n) is 8.01. The van der Waals surface area contributed by atoms with Crippen molar-refractivity contribution in [2.75, 3.05) is 18.0 Å². The van der Waals surface area contributed by atoms with Gasteiger partial charge >= 0.3 is 0 Å². The highest BCUT2D eigenvalue weighted by molar-refractivity contribution is 5.61. The highest BCUT2D eigenvalue weighted by Gasteiger charge is 2.27. The quantitative estimate of drug-likeness (QED) is 0.899. The molecule has 3 nitrogen and oxygen atoms in total. The van der Waals surface area contributed by atoms with Crippen LogP contribution in [0, 0.1) is 23.2 Å². The van der Waals surface area contributed by atoms with E-state index in [1.165, 1.54) is 12.0 Å². The molecular formula is C18H27N3. The van der Waals surface area contributed by atoms with E-state index < -0.39 is 0 Å². The zero-order valence-electron chi connectivity index (χ0n) is 13.7. The standard InChI is InChI=1S/C18H27N3/c1-13(2)10-20-11-16-5-6-18(17(8-16)9-19)21-12-14(3)7-15(21)4/h5-6,8,13-15,20H,7,10-12H2,1-4H3. The Morgan fingerprint density at radius 3 is 2.71 bits per heavy atom. The lowest BCUT2D eigenvalue weighted by Crippen LogP contribution is -2.27. The first-order valence-corrected chi connectivity index (χ1v) is 8.01. The third-order valence-electron chi connectivity index (χ3n) is 4.16. The number of benzene rings is 1. The Balaban J connectivity index is 2.12. The molecule has 1 saturated heterocycles. The molecule has 1 N–H and O–H groups in total. The Morgan fingerprint density at radius 1 is 1.38 bits per heavy atom. The molecule has 2 unspecified atom stereocenters. The van der Waals surface area contributed by atoms with Crippen LogP contribution in [0.4, 0.5) is 5.69 Å². The van der Waals surface area contributed by atoms with Crippen molar-refractivity contribution in [1.82, 2.24) is 5.32 Å². The van der Waals surface area contributed by atoms with Gasteiger partial charge in [-0.05, 0) is 49.4 Å². The maximum atomic E-state index is 9.47. The van der Waals surface area contributed by atoms with Crippen molar-refractivity contribution >= 4 is 5.69 Å². The predicted molar refractivity (Wildman–Crippen MR) is 88.3 cm³/mol. The minimum Gasteiger partial charge on any atom is -0.367 e. The normalized spacial score (nSPS) is 21.8. The fourth-order valence-electron chi connectivity index (χ4n) is 3.17. The minimum atomic E-state index is 0.525. The monoisotopic (exact) mass is 285 g/mol. The van der Waals surface area contributed by atoms with E-state index >= 15 is 0 Å². The molecule has 2 rings (SSSR count). The molecule has 1 aliphatic rings. The van der Waals surface area contributed by atoms with E-state index in [1.807, 2.05) is 6.07 Å². The van der Waals surface area contributed by atoms with Crippen molar-refractivity contribution in [3.05, 3.63) is 29.3 Å². The molecule has 0 amide bonds. The van der Waals surface area contributed by atoms with Gasteiger partial charge in [0.15, 0.2) is 0 Å². The van der Waals surface area contributed by atoms with Crippen LogP contribution in [-0.2, 0) is 6.54 Å². The van der Waals surface area contributed by atoms with E-state index in [1.54, 1.807) is 0 Å². The summed E-state index contributed by atoms with van der Waals surface area (Å²) in [6.07, 6.45) is 1.21. The van der Waals surface area contributed by atoms with Gasteiger partial charge in [-0.3, -0.25) is 0 Å². The van der Waals surface area contributed by atoms with Crippen LogP contribution in [-0.4, -0.2) is 19.1 Å². The Labute approximate surface area is 129 Å². The van der Waals surface area contributed by atoms with Crippen LogP contribution in [0.25, 0.3) is 0 Å². The van der Waals surface area contributed by atoms with Crippen molar-refractivity contribution in [2.24, 2.45) is 11.8 Å². The molecule has 0 spiro atoms. The Kier molecular flexibility index (Phi) is 5.25. The third-order valence-corrected chi connectivity index (χ3v) is 4.16. The highest BCUT2D eigenvalue weighted by atomic mass is 15.2. The van der Waals surface area contributed by atoms with E-state index in [0.717, 1.165) is 30.9 Å². The summed E-state index contributed by atoms with van der Waals surface area (Å²) in [6.45, 7) is 11.8. The molecule has 0 bridgehead atoms. The fourth-order valence-corrected chi connectivity index (χ4v) is 3.17. The van der Waals surface area contributed by atoms with Crippen LogP contribution in [0.5, 0.6) is 0 Å². The maximum absolute atomic E-state index is 9.47. The van der Waals surface area contributed by atoms with Gasteiger partial charge in [-0.15, -0.1) is 0 Å². The summed E-state index contributed by atoms with van der Waals surface area (Å²) in [5, 5.41) is 12.9.